The zero-order valence-electron chi connectivity index (χ0n) is 9.06. The van der Waals surface area contributed by atoms with E-state index in [9.17, 15) is 9.50 Å². The molecule has 0 saturated carbocycles. The van der Waals surface area contributed by atoms with Crippen LogP contribution in [-0.4, -0.2) is 18.7 Å². The summed E-state index contributed by atoms with van der Waals surface area (Å²) in [5.41, 5.74) is 1.71. The smallest absolute Gasteiger partial charge is 0.130 e. The lowest BCUT2D eigenvalue weighted by molar-refractivity contribution is 0.176. The predicted molar refractivity (Wildman–Crippen MR) is 62.5 cm³/mol. The van der Waals surface area contributed by atoms with Crippen molar-refractivity contribution in [3.63, 3.8) is 0 Å². The summed E-state index contributed by atoms with van der Waals surface area (Å²) in [7, 11) is 1.75. The number of nitrogens with one attached hydrogen (secondary N) is 1. The van der Waals surface area contributed by atoms with Gasteiger partial charge in [-0.2, -0.15) is 0 Å². The van der Waals surface area contributed by atoms with Gasteiger partial charge in [0.05, 0.1) is 6.10 Å². The van der Waals surface area contributed by atoms with E-state index in [1.165, 1.54) is 0 Å². The van der Waals surface area contributed by atoms with Gasteiger partial charge in [-0.15, -0.1) is 0 Å². The summed E-state index contributed by atoms with van der Waals surface area (Å²) in [4.78, 5) is 0. The molecule has 2 nitrogen and oxygen atoms in total. The third kappa shape index (κ3) is 2.56. The summed E-state index contributed by atoms with van der Waals surface area (Å²) in [5.74, 6) is -0.255. The Bertz CT molecular complexity index is 368. The van der Waals surface area contributed by atoms with Gasteiger partial charge in [0, 0.05) is 11.0 Å². The minimum absolute atomic E-state index is 0.255. The van der Waals surface area contributed by atoms with Crippen LogP contribution in [0.25, 0.3) is 0 Å². The number of rotatable bonds is 3. The standard InChI is InChI=1S/C11H15BrFNO/c1-6-8(10(15)5-14-3)4-9(12)7(2)11(6)13/h4,10,14-15H,5H2,1-3H3. The first-order valence-electron chi connectivity index (χ1n) is 4.76. The summed E-state index contributed by atoms with van der Waals surface area (Å²) >= 11 is 3.28. The van der Waals surface area contributed by atoms with Crippen molar-refractivity contribution in [3.8, 4) is 0 Å². The lowest BCUT2D eigenvalue weighted by atomic mass is 10.0. The maximum atomic E-state index is 13.7. The van der Waals surface area contributed by atoms with E-state index >= 15 is 0 Å². The Balaban J connectivity index is 3.19. The number of halogens is 2. The van der Waals surface area contributed by atoms with E-state index < -0.39 is 6.10 Å². The Morgan fingerprint density at radius 1 is 1.47 bits per heavy atom. The first kappa shape index (κ1) is 12.6. The van der Waals surface area contributed by atoms with Gasteiger partial charge in [-0.3, -0.25) is 0 Å². The van der Waals surface area contributed by atoms with E-state index in [0.29, 0.717) is 27.7 Å². The molecule has 0 heterocycles. The summed E-state index contributed by atoms with van der Waals surface area (Å²) in [6, 6.07) is 1.77. The second-order valence-corrected chi connectivity index (χ2v) is 4.44. The Labute approximate surface area is 97.6 Å². The van der Waals surface area contributed by atoms with Gasteiger partial charge in [0.15, 0.2) is 0 Å². The van der Waals surface area contributed by atoms with Crippen LogP contribution in [0.2, 0.25) is 0 Å². The van der Waals surface area contributed by atoms with Crippen LogP contribution in [0.1, 0.15) is 22.8 Å². The second kappa shape index (κ2) is 5.05. The minimum atomic E-state index is -0.679. The van der Waals surface area contributed by atoms with E-state index in [1.807, 2.05) is 0 Å². The van der Waals surface area contributed by atoms with Crippen LogP contribution < -0.4 is 5.32 Å². The van der Waals surface area contributed by atoms with E-state index in [2.05, 4.69) is 21.2 Å². The quantitative estimate of drug-likeness (QED) is 0.888. The van der Waals surface area contributed by atoms with Gasteiger partial charge < -0.3 is 10.4 Å². The molecule has 1 aromatic carbocycles. The maximum Gasteiger partial charge on any atom is 0.130 e. The number of aliphatic hydroxyl groups is 1. The number of benzene rings is 1. The average Bonchev–Trinajstić information content (AvgIpc) is 2.20. The molecular formula is C11H15BrFNO. The van der Waals surface area contributed by atoms with Crippen molar-refractivity contribution >= 4 is 15.9 Å². The maximum absolute atomic E-state index is 13.7. The van der Waals surface area contributed by atoms with Crippen molar-refractivity contribution in [2.75, 3.05) is 13.6 Å². The Morgan fingerprint density at radius 3 is 2.60 bits per heavy atom. The van der Waals surface area contributed by atoms with Gasteiger partial charge in [-0.1, -0.05) is 15.9 Å². The molecule has 0 aromatic heterocycles. The summed E-state index contributed by atoms with van der Waals surface area (Å²) in [5, 5.41) is 12.7. The van der Waals surface area contributed by atoms with Crippen LogP contribution in [-0.2, 0) is 0 Å². The predicted octanol–water partition coefficient (Wildman–Crippen LogP) is 2.46. The largest absolute Gasteiger partial charge is 0.387 e. The highest BCUT2D eigenvalue weighted by molar-refractivity contribution is 9.10. The van der Waals surface area contributed by atoms with Crippen molar-refractivity contribution in [1.82, 2.24) is 5.32 Å². The van der Waals surface area contributed by atoms with Crippen LogP contribution in [0.3, 0.4) is 0 Å². The monoisotopic (exact) mass is 275 g/mol. The molecule has 1 atom stereocenters. The normalized spacial score (nSPS) is 12.9. The minimum Gasteiger partial charge on any atom is -0.387 e. The number of hydrogen-bond donors (Lipinski definition) is 2. The summed E-state index contributed by atoms with van der Waals surface area (Å²) in [6.07, 6.45) is -0.679. The molecule has 0 aliphatic heterocycles. The molecule has 15 heavy (non-hydrogen) atoms. The molecule has 1 rings (SSSR count). The Hall–Kier alpha value is -0.450. The zero-order valence-corrected chi connectivity index (χ0v) is 10.7. The molecule has 0 aliphatic carbocycles. The SMILES string of the molecule is CNCC(O)c1cc(Br)c(C)c(F)c1C. The number of hydrogen-bond acceptors (Lipinski definition) is 2. The highest BCUT2D eigenvalue weighted by atomic mass is 79.9. The van der Waals surface area contributed by atoms with Gasteiger partial charge in [-0.05, 0) is 43.7 Å². The Morgan fingerprint density at radius 2 is 2.07 bits per heavy atom. The second-order valence-electron chi connectivity index (χ2n) is 3.59. The molecule has 1 aromatic rings. The molecule has 0 bridgehead atoms. The van der Waals surface area contributed by atoms with Gasteiger partial charge in [0.25, 0.3) is 0 Å². The van der Waals surface area contributed by atoms with Crippen LogP contribution in [0.4, 0.5) is 4.39 Å². The molecule has 0 saturated heterocycles. The van der Waals surface area contributed by atoms with Crippen molar-refractivity contribution in [2.45, 2.75) is 20.0 Å². The first-order valence-corrected chi connectivity index (χ1v) is 5.56. The molecule has 84 valence electrons. The van der Waals surface area contributed by atoms with Crippen LogP contribution in [0, 0.1) is 19.7 Å². The molecule has 0 fully saturated rings. The van der Waals surface area contributed by atoms with Gasteiger partial charge in [-0.25, -0.2) is 4.39 Å². The van der Waals surface area contributed by atoms with E-state index in [1.54, 1.807) is 27.0 Å². The fourth-order valence-corrected chi connectivity index (χ4v) is 1.94. The van der Waals surface area contributed by atoms with Crippen LogP contribution in [0.5, 0.6) is 0 Å². The molecule has 0 amide bonds. The molecule has 0 aliphatic rings. The van der Waals surface area contributed by atoms with Crippen molar-refractivity contribution in [1.29, 1.82) is 0 Å². The summed E-state index contributed by atoms with van der Waals surface area (Å²) < 4.78 is 14.4. The van der Waals surface area contributed by atoms with Crippen molar-refractivity contribution in [3.05, 3.63) is 33.0 Å². The lowest BCUT2D eigenvalue weighted by Gasteiger charge is -2.16. The van der Waals surface area contributed by atoms with Gasteiger partial charge in [0.1, 0.15) is 5.82 Å². The highest BCUT2D eigenvalue weighted by Gasteiger charge is 2.16. The van der Waals surface area contributed by atoms with Crippen LogP contribution in [0.15, 0.2) is 10.5 Å². The Kier molecular flexibility index (Phi) is 4.25. The van der Waals surface area contributed by atoms with E-state index in [-0.39, 0.29) is 5.82 Å². The molecule has 0 radical (unpaired) electrons. The molecular weight excluding hydrogens is 261 g/mol. The third-order valence-electron chi connectivity index (χ3n) is 2.49. The zero-order chi connectivity index (χ0) is 11.6. The number of likely N-dealkylation sites (N-methyl/N-ethyl adjacent to an activating group) is 1. The van der Waals surface area contributed by atoms with E-state index in [0.717, 1.165) is 0 Å². The van der Waals surface area contributed by atoms with Gasteiger partial charge >= 0.3 is 0 Å². The fraction of sp³-hybridized carbons (Fsp3) is 0.455. The third-order valence-corrected chi connectivity index (χ3v) is 3.31. The van der Waals surface area contributed by atoms with Crippen molar-refractivity contribution in [2.24, 2.45) is 0 Å². The molecule has 1 unspecified atom stereocenters. The van der Waals surface area contributed by atoms with E-state index in [4.69, 9.17) is 0 Å². The topological polar surface area (TPSA) is 32.3 Å². The van der Waals surface area contributed by atoms with Gasteiger partial charge in [0.2, 0.25) is 0 Å². The van der Waals surface area contributed by atoms with Crippen LogP contribution >= 0.6 is 15.9 Å². The number of aliphatic hydroxyl groups excluding tert-OH is 1. The summed E-state index contributed by atoms with van der Waals surface area (Å²) in [6.45, 7) is 3.80. The molecule has 2 N–H and O–H groups in total. The van der Waals surface area contributed by atoms with Crippen molar-refractivity contribution < 1.29 is 9.50 Å². The lowest BCUT2D eigenvalue weighted by Crippen LogP contribution is -2.18. The first-order chi connectivity index (χ1) is 6.99. The average molecular weight is 276 g/mol. The fourth-order valence-electron chi connectivity index (χ4n) is 1.52. The molecule has 0 spiro atoms. The molecule has 4 heteroatoms. The highest BCUT2D eigenvalue weighted by Crippen LogP contribution is 2.28.